The van der Waals surface area contributed by atoms with E-state index in [9.17, 15) is 31.5 Å². The van der Waals surface area contributed by atoms with Crippen molar-refractivity contribution in [1.82, 2.24) is 4.90 Å². The monoisotopic (exact) mass is 670 g/mol. The smallest absolute Gasteiger partial charge is 0.497 e. The zero-order valence-corrected chi connectivity index (χ0v) is 25.4. The molecule has 11 nitrogen and oxygen atoms in total. The predicted molar refractivity (Wildman–Crippen MR) is 153 cm³/mol. The third kappa shape index (κ3) is 5.32. The van der Waals surface area contributed by atoms with E-state index < -0.39 is 56.6 Å². The number of alkyl halides is 3. The highest BCUT2D eigenvalue weighted by molar-refractivity contribution is 7.93. The van der Waals surface area contributed by atoms with E-state index in [0.29, 0.717) is 4.31 Å². The Kier molecular flexibility index (Phi) is 8.42. The third-order valence-electron chi connectivity index (χ3n) is 7.64. The van der Waals surface area contributed by atoms with Crippen molar-refractivity contribution in [2.24, 2.45) is 0 Å². The van der Waals surface area contributed by atoms with E-state index >= 15 is 4.79 Å². The first-order valence-corrected chi connectivity index (χ1v) is 15.0. The molecule has 2 aliphatic heterocycles. The number of carbonyl (C=O) groups excluding carboxylic acids is 2. The molecule has 16 heteroatoms. The van der Waals surface area contributed by atoms with Crippen molar-refractivity contribution in [2.75, 3.05) is 32.2 Å². The molecule has 0 aliphatic carbocycles. The zero-order valence-electron chi connectivity index (χ0n) is 23.9. The highest BCUT2D eigenvalue weighted by atomic mass is 35.5. The Balaban J connectivity index is 1.85. The summed E-state index contributed by atoms with van der Waals surface area (Å²) in [7, 11) is -1.62. The molecule has 240 valence electrons. The van der Waals surface area contributed by atoms with E-state index in [1.54, 1.807) is 12.1 Å². The molecule has 0 spiro atoms. The summed E-state index contributed by atoms with van der Waals surface area (Å²) in [4.78, 5) is 28.4. The number of halogens is 4. The molecule has 3 aromatic carbocycles. The summed E-state index contributed by atoms with van der Waals surface area (Å²) in [6.45, 7) is -0.311. The van der Waals surface area contributed by atoms with Gasteiger partial charge in [0, 0.05) is 35.2 Å². The van der Waals surface area contributed by atoms with Gasteiger partial charge in [-0.1, -0.05) is 29.8 Å². The van der Waals surface area contributed by atoms with E-state index in [1.165, 1.54) is 42.3 Å². The average Bonchev–Trinajstić information content (AvgIpc) is 3.50. The van der Waals surface area contributed by atoms with E-state index in [0.717, 1.165) is 32.4 Å². The number of fused-ring (bicyclic) bond motifs is 1. The van der Waals surface area contributed by atoms with Gasteiger partial charge in [0.2, 0.25) is 0 Å². The number of benzene rings is 3. The molecule has 1 fully saturated rings. The summed E-state index contributed by atoms with van der Waals surface area (Å²) in [6.07, 6.45) is -6.64. The topological polar surface area (TPSA) is 132 Å². The number of amides is 1. The van der Waals surface area contributed by atoms with E-state index in [1.807, 2.05) is 0 Å². The Morgan fingerprint density at radius 1 is 1.00 bits per heavy atom. The number of sulfonamides is 1. The van der Waals surface area contributed by atoms with Crippen LogP contribution in [0.3, 0.4) is 0 Å². The van der Waals surface area contributed by atoms with Crippen LogP contribution >= 0.6 is 11.6 Å². The largest absolute Gasteiger partial charge is 0.573 e. The first kappa shape index (κ1) is 32.3. The molecule has 0 radical (unpaired) electrons. The van der Waals surface area contributed by atoms with Gasteiger partial charge in [-0.3, -0.25) is 14.5 Å². The average molecular weight is 671 g/mol. The van der Waals surface area contributed by atoms with E-state index in [4.69, 9.17) is 25.8 Å². The van der Waals surface area contributed by atoms with Crippen LogP contribution in [0.15, 0.2) is 65.6 Å². The second-order valence-electron chi connectivity index (χ2n) is 10.1. The maximum absolute atomic E-state index is 15.0. The molecule has 0 saturated carbocycles. The van der Waals surface area contributed by atoms with Crippen molar-refractivity contribution in [3.63, 3.8) is 0 Å². The number of hydrogen-bond acceptors (Lipinski definition) is 10. The van der Waals surface area contributed by atoms with Gasteiger partial charge in [-0.2, -0.15) is 0 Å². The SMILES string of the molecule is COC(=O)[C@@H]1C[C@@H](O)CN1C1(c2ccccc2OC)C(=O)N(S(=O)(=O)c2ccc(OC)cc2OC(F)(F)F)c2ccc(Cl)cc21. The van der Waals surface area contributed by atoms with Gasteiger partial charge in [0.15, 0.2) is 11.3 Å². The summed E-state index contributed by atoms with van der Waals surface area (Å²) in [5.41, 5.74) is -2.45. The molecule has 3 aromatic rings. The number of rotatable bonds is 8. The third-order valence-corrected chi connectivity index (χ3v) is 9.61. The second-order valence-corrected chi connectivity index (χ2v) is 12.3. The van der Waals surface area contributed by atoms with Gasteiger partial charge in [0.25, 0.3) is 15.9 Å². The number of methoxy groups -OCH3 is 3. The second kappa shape index (κ2) is 11.7. The first-order valence-electron chi connectivity index (χ1n) is 13.2. The summed E-state index contributed by atoms with van der Waals surface area (Å²) in [5, 5.41) is 10.8. The Morgan fingerprint density at radius 2 is 1.71 bits per heavy atom. The van der Waals surface area contributed by atoms with Crippen molar-refractivity contribution in [3.05, 3.63) is 76.8 Å². The molecule has 2 aliphatic rings. The number of hydrogen-bond donors (Lipinski definition) is 1. The molecule has 1 saturated heterocycles. The molecule has 0 aromatic heterocycles. The van der Waals surface area contributed by atoms with Crippen LogP contribution in [-0.2, 0) is 29.9 Å². The quantitative estimate of drug-likeness (QED) is 0.353. The Hall–Kier alpha value is -4.05. The van der Waals surface area contributed by atoms with Crippen LogP contribution in [0.5, 0.6) is 17.2 Å². The fourth-order valence-electron chi connectivity index (χ4n) is 5.90. The Bertz CT molecular complexity index is 1770. The lowest BCUT2D eigenvalue weighted by Crippen LogP contribution is -2.58. The molecule has 0 bridgehead atoms. The van der Waals surface area contributed by atoms with Crippen molar-refractivity contribution in [1.29, 1.82) is 0 Å². The molecule has 3 atom stereocenters. The van der Waals surface area contributed by atoms with Crippen LogP contribution in [0.25, 0.3) is 0 Å². The Morgan fingerprint density at radius 3 is 2.36 bits per heavy atom. The highest BCUT2D eigenvalue weighted by Crippen LogP contribution is 2.55. The minimum atomic E-state index is -5.31. The zero-order chi connectivity index (χ0) is 32.9. The number of anilines is 1. The standard InChI is InChI=1S/C29H26ClF3N2O9S/c1-41-18-9-11-25(24(14-18)44-29(31,32)33)45(39,40)35-21-10-8-16(30)12-20(21)28(27(35)38,19-6-4-5-7-23(19)42-2)34-15-17(36)13-22(34)26(37)43-3/h4-12,14,17,22,36H,13,15H2,1-3H3/t17-,22+,28?/m1/s1. The summed E-state index contributed by atoms with van der Waals surface area (Å²) in [6, 6.07) is 11.3. The fourth-order valence-corrected chi connectivity index (χ4v) is 7.63. The van der Waals surface area contributed by atoms with Crippen LogP contribution in [0, 0.1) is 0 Å². The lowest BCUT2D eigenvalue weighted by Gasteiger charge is -2.41. The van der Waals surface area contributed by atoms with Gasteiger partial charge in [0.05, 0.1) is 33.1 Å². The molecular formula is C29H26ClF3N2O9S. The minimum Gasteiger partial charge on any atom is -0.497 e. The summed E-state index contributed by atoms with van der Waals surface area (Å²) < 4.78 is 89.1. The maximum Gasteiger partial charge on any atom is 0.573 e. The molecule has 2 heterocycles. The van der Waals surface area contributed by atoms with Crippen LogP contribution in [0.4, 0.5) is 18.9 Å². The molecular weight excluding hydrogens is 645 g/mol. The van der Waals surface area contributed by atoms with Crippen LogP contribution in [0.1, 0.15) is 17.5 Å². The number of nitrogens with zero attached hydrogens (tertiary/aromatic N) is 2. The molecule has 1 amide bonds. The van der Waals surface area contributed by atoms with Crippen molar-refractivity contribution in [2.45, 2.75) is 35.4 Å². The normalized spacial score (nSPS) is 21.9. The van der Waals surface area contributed by atoms with Crippen LogP contribution < -0.4 is 18.5 Å². The van der Waals surface area contributed by atoms with Gasteiger partial charge in [-0.05, 0) is 36.4 Å². The lowest BCUT2D eigenvalue weighted by molar-refractivity contribution is -0.275. The maximum atomic E-state index is 15.0. The van der Waals surface area contributed by atoms with E-state index in [2.05, 4.69) is 4.74 Å². The van der Waals surface area contributed by atoms with Gasteiger partial charge < -0.3 is 24.1 Å². The number of likely N-dealkylation sites (tertiary alicyclic amines) is 1. The van der Waals surface area contributed by atoms with Gasteiger partial charge in [-0.25, -0.2) is 12.7 Å². The summed E-state index contributed by atoms with van der Waals surface area (Å²) >= 11 is 6.40. The highest BCUT2D eigenvalue weighted by Gasteiger charge is 2.64. The molecule has 1 unspecified atom stereocenters. The number of aliphatic hydroxyl groups is 1. The number of ether oxygens (including phenoxy) is 4. The minimum absolute atomic E-state index is 0.0390. The van der Waals surface area contributed by atoms with Gasteiger partial charge in [-0.15, -0.1) is 13.2 Å². The summed E-state index contributed by atoms with van der Waals surface area (Å²) in [5.74, 6) is -3.23. The number of esters is 1. The fraction of sp³-hybridized carbons (Fsp3) is 0.310. The predicted octanol–water partition coefficient (Wildman–Crippen LogP) is 3.84. The van der Waals surface area contributed by atoms with Crippen LogP contribution in [0.2, 0.25) is 5.02 Å². The number of carbonyl (C=O) groups is 2. The van der Waals surface area contributed by atoms with Crippen LogP contribution in [-0.4, -0.2) is 76.7 Å². The molecule has 5 rings (SSSR count). The first-order chi connectivity index (χ1) is 21.2. The molecule has 1 N–H and O–H groups in total. The number of β-amino-alcohol motifs (C(OH)–C–C–N with tert-alkyl or cyclic N) is 1. The van der Waals surface area contributed by atoms with Crippen molar-refractivity contribution >= 4 is 39.2 Å². The Labute approximate surface area is 260 Å². The lowest BCUT2D eigenvalue weighted by atomic mass is 9.81. The van der Waals surface area contributed by atoms with Crippen molar-refractivity contribution < 1.29 is 55.2 Å². The molecule has 45 heavy (non-hydrogen) atoms. The number of para-hydroxylation sites is 1. The van der Waals surface area contributed by atoms with Gasteiger partial charge in [0.1, 0.15) is 22.4 Å². The van der Waals surface area contributed by atoms with Crippen molar-refractivity contribution in [3.8, 4) is 17.2 Å². The van der Waals surface area contributed by atoms with E-state index in [-0.39, 0.29) is 46.3 Å². The number of aliphatic hydroxyl groups excluding tert-OH is 1. The van der Waals surface area contributed by atoms with Gasteiger partial charge >= 0.3 is 12.3 Å².